The summed E-state index contributed by atoms with van der Waals surface area (Å²) in [6.07, 6.45) is 3.00. The number of nitrogens with zero attached hydrogens (tertiary/aromatic N) is 1. The van der Waals surface area contributed by atoms with E-state index in [1.807, 2.05) is 6.92 Å². The summed E-state index contributed by atoms with van der Waals surface area (Å²) < 4.78 is 11.4. The normalized spacial score (nSPS) is 23.8. The number of hydrogen-bond donors (Lipinski definition) is 1. The Balaban J connectivity index is 2.04. The zero-order chi connectivity index (χ0) is 22.0. The number of ether oxygens (including phenoxy) is 1. The van der Waals surface area contributed by atoms with E-state index in [9.17, 15) is 14.4 Å². The molecule has 2 amide bonds. The molecule has 1 N–H and O–H groups in total. The number of nitrogens with one attached hydrogen (secondary N) is 1. The Morgan fingerprint density at radius 2 is 2.00 bits per heavy atom. The largest absolute Gasteiger partial charge is 0.445 e. The van der Waals surface area contributed by atoms with E-state index in [1.165, 1.54) is 11.0 Å². The van der Waals surface area contributed by atoms with Gasteiger partial charge in [-0.2, -0.15) is 0 Å². The van der Waals surface area contributed by atoms with Gasteiger partial charge in [0, 0.05) is 18.5 Å². The molecule has 8 heteroatoms. The molecule has 1 fully saturated rings. The predicted molar refractivity (Wildman–Crippen MR) is 114 cm³/mol. The zero-order valence-corrected chi connectivity index (χ0v) is 19.6. The Labute approximate surface area is 175 Å². The Morgan fingerprint density at radius 1 is 1.34 bits per heavy atom. The Kier molecular flexibility index (Phi) is 7.11. The molecular formula is C21H34N2O5Si. The molecule has 2 rings (SSSR count). The molecule has 2 aliphatic rings. The van der Waals surface area contributed by atoms with E-state index in [0.717, 1.165) is 0 Å². The highest BCUT2D eigenvalue weighted by Crippen LogP contribution is 2.45. The molecule has 29 heavy (non-hydrogen) atoms. The van der Waals surface area contributed by atoms with Crippen LogP contribution in [0.25, 0.3) is 0 Å². The van der Waals surface area contributed by atoms with Crippen LogP contribution in [0.4, 0.5) is 4.79 Å². The average Bonchev–Trinajstić information content (AvgIpc) is 3.07. The van der Waals surface area contributed by atoms with Crippen molar-refractivity contribution < 1.29 is 23.5 Å². The van der Waals surface area contributed by atoms with Gasteiger partial charge in [0.15, 0.2) is 14.8 Å². The van der Waals surface area contributed by atoms with Gasteiger partial charge in [-0.1, -0.05) is 39.5 Å². The molecule has 2 aliphatic heterocycles. The van der Waals surface area contributed by atoms with Gasteiger partial charge in [0.25, 0.3) is 0 Å². The lowest BCUT2D eigenvalue weighted by molar-refractivity contribution is -0.160. The first-order chi connectivity index (χ1) is 13.4. The Morgan fingerprint density at radius 3 is 2.52 bits per heavy atom. The minimum atomic E-state index is -1.41. The molecule has 3 atom stereocenters. The first-order valence-electron chi connectivity index (χ1n) is 10.1. The number of amides is 2. The number of hydrogen-bond acceptors (Lipinski definition) is 5. The first-order valence-corrected chi connectivity index (χ1v) is 12.9. The van der Waals surface area contributed by atoms with Crippen LogP contribution < -0.4 is 5.32 Å². The second kappa shape index (κ2) is 8.83. The van der Waals surface area contributed by atoms with E-state index in [0.29, 0.717) is 12.1 Å². The molecule has 0 aromatic rings. The van der Waals surface area contributed by atoms with E-state index in [4.69, 9.17) is 9.16 Å². The third-order valence-corrected chi connectivity index (χ3v) is 6.80. The Hall–Kier alpha value is -1.93. The maximum atomic E-state index is 12.8. The molecule has 162 valence electrons. The van der Waals surface area contributed by atoms with Crippen molar-refractivity contribution in [3.05, 3.63) is 24.3 Å². The molecule has 7 nitrogen and oxygen atoms in total. The van der Waals surface area contributed by atoms with Crippen LogP contribution in [0.5, 0.6) is 0 Å². The number of rotatable bonds is 8. The molecule has 0 aliphatic carbocycles. The monoisotopic (exact) mass is 422 g/mol. The molecule has 0 aromatic carbocycles. The van der Waals surface area contributed by atoms with Gasteiger partial charge in [0.05, 0.1) is 24.1 Å². The van der Waals surface area contributed by atoms with Crippen molar-refractivity contribution in [3.8, 4) is 0 Å². The smallest absolute Gasteiger partial charge is 0.410 e. The molecule has 0 bridgehead atoms. The maximum Gasteiger partial charge on any atom is 0.410 e. The molecular weight excluding hydrogens is 388 g/mol. The number of carbonyl (C=O) groups is 3. The van der Waals surface area contributed by atoms with Crippen molar-refractivity contribution >= 4 is 26.8 Å². The van der Waals surface area contributed by atoms with Crippen molar-refractivity contribution in [3.63, 3.8) is 0 Å². The molecule has 2 heterocycles. The second-order valence-corrected chi connectivity index (χ2v) is 11.6. The fourth-order valence-corrected chi connectivity index (χ4v) is 5.38. The summed E-state index contributed by atoms with van der Waals surface area (Å²) in [5.41, 5.74) is -0.325. The fraction of sp³-hybridized carbons (Fsp3) is 0.667. The zero-order valence-electron chi connectivity index (χ0n) is 18.4. The van der Waals surface area contributed by atoms with Crippen LogP contribution in [0, 0.1) is 11.3 Å². The van der Waals surface area contributed by atoms with Crippen molar-refractivity contribution in [2.45, 2.75) is 58.9 Å². The number of β-lactam (4-membered cyclic amide) rings is 1. The van der Waals surface area contributed by atoms with Gasteiger partial charge < -0.3 is 19.4 Å². The van der Waals surface area contributed by atoms with Crippen molar-refractivity contribution in [1.29, 1.82) is 0 Å². The minimum Gasteiger partial charge on any atom is -0.445 e. The summed E-state index contributed by atoms with van der Waals surface area (Å²) in [6.45, 7) is 16.6. The van der Waals surface area contributed by atoms with Crippen LogP contribution in [0.2, 0.25) is 13.1 Å². The topological polar surface area (TPSA) is 84.9 Å². The summed E-state index contributed by atoms with van der Waals surface area (Å²) in [7, 11) is -1.41. The Bertz CT molecular complexity index is 712. The molecule has 0 unspecified atom stereocenters. The highest BCUT2D eigenvalue weighted by Gasteiger charge is 2.57. The van der Waals surface area contributed by atoms with Crippen LogP contribution in [-0.4, -0.2) is 63.1 Å². The van der Waals surface area contributed by atoms with Gasteiger partial charge in [-0.3, -0.25) is 9.59 Å². The SMILES string of the molecule is C=CCOC(=O)N1CC=C(C(=O)C[C@H]2NC(=O)[C@@H]2[C@@](C)(O[SiH](C)C)C(C)(C)C)C1. The highest BCUT2D eigenvalue weighted by atomic mass is 28.3. The first kappa shape index (κ1) is 23.3. The van der Waals surface area contributed by atoms with Crippen LogP contribution in [0.15, 0.2) is 24.3 Å². The molecule has 1 saturated heterocycles. The summed E-state index contributed by atoms with van der Waals surface area (Å²) in [5, 5.41) is 2.89. The summed E-state index contributed by atoms with van der Waals surface area (Å²) >= 11 is 0. The van der Waals surface area contributed by atoms with E-state index in [2.05, 4.69) is 45.8 Å². The summed E-state index contributed by atoms with van der Waals surface area (Å²) in [6, 6.07) is -0.269. The van der Waals surface area contributed by atoms with E-state index in [-0.39, 0.29) is 48.6 Å². The molecule has 0 spiro atoms. The van der Waals surface area contributed by atoms with E-state index in [1.54, 1.807) is 6.08 Å². The summed E-state index contributed by atoms with van der Waals surface area (Å²) in [4.78, 5) is 38.7. The lowest BCUT2D eigenvalue weighted by Gasteiger charge is -2.54. The number of Topliss-reactive ketones (excluding diaryl/α,β-unsaturated/α-hetero) is 1. The van der Waals surface area contributed by atoms with Crippen LogP contribution in [0.3, 0.4) is 0 Å². The summed E-state index contributed by atoms with van der Waals surface area (Å²) in [5.74, 6) is -0.501. The third-order valence-electron chi connectivity index (χ3n) is 5.84. The van der Waals surface area contributed by atoms with Crippen molar-refractivity contribution in [2.24, 2.45) is 11.3 Å². The maximum absolute atomic E-state index is 12.8. The quantitative estimate of drug-likeness (QED) is 0.369. The van der Waals surface area contributed by atoms with Crippen LogP contribution in [-0.2, 0) is 18.8 Å². The molecule has 0 aromatic heterocycles. The highest BCUT2D eigenvalue weighted by molar-refractivity contribution is 6.48. The van der Waals surface area contributed by atoms with E-state index >= 15 is 0 Å². The van der Waals surface area contributed by atoms with Crippen molar-refractivity contribution in [1.82, 2.24) is 10.2 Å². The predicted octanol–water partition coefficient (Wildman–Crippen LogP) is 2.43. The van der Waals surface area contributed by atoms with Gasteiger partial charge in [0.1, 0.15) is 6.61 Å². The van der Waals surface area contributed by atoms with Crippen LogP contribution in [0.1, 0.15) is 34.1 Å². The lowest BCUT2D eigenvalue weighted by Crippen LogP contribution is -2.70. The third kappa shape index (κ3) is 4.98. The standard InChI is InChI=1S/C21H34N2O5Si/c1-8-11-27-19(26)23-10-9-14(13-23)16(24)12-15-17(18(25)22-15)21(5,20(2,3)4)28-29(6)7/h8-9,15,17,29H,1,10-13H2,2-7H3,(H,22,25)/t15-,17-,21-/m1/s1. The lowest BCUT2D eigenvalue weighted by atomic mass is 9.63. The average molecular weight is 423 g/mol. The van der Waals surface area contributed by atoms with E-state index < -0.39 is 20.7 Å². The van der Waals surface area contributed by atoms with Crippen LogP contribution >= 0.6 is 0 Å². The van der Waals surface area contributed by atoms with Gasteiger partial charge in [-0.15, -0.1) is 0 Å². The van der Waals surface area contributed by atoms with Gasteiger partial charge in [-0.05, 0) is 25.4 Å². The van der Waals surface area contributed by atoms with Gasteiger partial charge >= 0.3 is 6.09 Å². The van der Waals surface area contributed by atoms with Gasteiger partial charge in [-0.25, -0.2) is 4.79 Å². The molecule has 0 radical (unpaired) electrons. The second-order valence-electron chi connectivity index (χ2n) is 9.22. The van der Waals surface area contributed by atoms with Crippen molar-refractivity contribution in [2.75, 3.05) is 19.7 Å². The number of carbonyl (C=O) groups excluding carboxylic acids is 3. The molecule has 0 saturated carbocycles. The minimum absolute atomic E-state index is 0.0583. The van der Waals surface area contributed by atoms with Gasteiger partial charge in [0.2, 0.25) is 5.91 Å². The fourth-order valence-electron chi connectivity index (χ4n) is 3.90. The number of ketones is 1.